The minimum absolute atomic E-state index is 0.00977. The van der Waals surface area contributed by atoms with Crippen LogP contribution in [0.3, 0.4) is 0 Å². The summed E-state index contributed by atoms with van der Waals surface area (Å²) in [7, 11) is 1.73. The van der Waals surface area contributed by atoms with Gasteiger partial charge in [0.25, 0.3) is 0 Å². The summed E-state index contributed by atoms with van der Waals surface area (Å²) in [5.74, 6) is 2.61. The van der Waals surface area contributed by atoms with Crippen LogP contribution in [0.1, 0.15) is 49.7 Å². The molecule has 0 spiro atoms. The van der Waals surface area contributed by atoms with E-state index in [2.05, 4.69) is 59.9 Å². The fraction of sp³-hybridized carbons (Fsp3) is 0.524. The molecular formula is C21H25IO2. The molecule has 0 amide bonds. The Hall–Kier alpha value is -0.810. The summed E-state index contributed by atoms with van der Waals surface area (Å²) in [5, 5.41) is 11.3. The van der Waals surface area contributed by atoms with Crippen LogP contribution in [0, 0.1) is 17.3 Å². The van der Waals surface area contributed by atoms with Gasteiger partial charge in [-0.1, -0.05) is 47.7 Å². The van der Waals surface area contributed by atoms with Gasteiger partial charge in [0, 0.05) is 5.41 Å². The first-order valence-electron chi connectivity index (χ1n) is 8.89. The Morgan fingerprint density at radius 2 is 2.12 bits per heavy atom. The molecule has 0 aliphatic heterocycles. The van der Waals surface area contributed by atoms with E-state index in [0.717, 1.165) is 31.4 Å². The minimum atomic E-state index is -0.641. The van der Waals surface area contributed by atoms with Crippen molar-refractivity contribution in [1.29, 1.82) is 0 Å². The van der Waals surface area contributed by atoms with Crippen LogP contribution in [-0.4, -0.2) is 17.8 Å². The van der Waals surface area contributed by atoms with Crippen molar-refractivity contribution in [3.8, 4) is 5.75 Å². The van der Waals surface area contributed by atoms with Gasteiger partial charge in [0.05, 0.1) is 12.7 Å². The molecule has 24 heavy (non-hydrogen) atoms. The number of benzene rings is 1. The van der Waals surface area contributed by atoms with Gasteiger partial charge in [0.15, 0.2) is 0 Å². The SMILES string of the molecule is COc1ccc2c(c1)C=C[C@@H]1[C@@H]2CC[C@@]2(C)[C@H]1CC[C@@]2(O)/C=C\[125I]. The van der Waals surface area contributed by atoms with Gasteiger partial charge >= 0.3 is 0 Å². The first-order valence-corrected chi connectivity index (χ1v) is 10.1. The van der Waals surface area contributed by atoms with Crippen LogP contribution < -0.4 is 4.74 Å². The van der Waals surface area contributed by atoms with Crippen molar-refractivity contribution in [2.45, 2.75) is 44.1 Å². The molecule has 5 atom stereocenters. The van der Waals surface area contributed by atoms with E-state index in [4.69, 9.17) is 4.74 Å². The van der Waals surface area contributed by atoms with E-state index in [0.29, 0.717) is 17.8 Å². The number of hydrogen-bond acceptors (Lipinski definition) is 2. The third-order valence-corrected chi connectivity index (χ3v) is 7.44. The Morgan fingerprint density at radius 1 is 1.29 bits per heavy atom. The number of ether oxygens (including phenoxy) is 1. The van der Waals surface area contributed by atoms with Crippen LogP contribution in [0.15, 0.2) is 34.4 Å². The second-order valence-electron chi connectivity index (χ2n) is 7.86. The number of rotatable bonds is 2. The number of methoxy groups -OCH3 is 1. The summed E-state index contributed by atoms with van der Waals surface area (Å²) < 4.78 is 7.38. The van der Waals surface area contributed by atoms with Crippen molar-refractivity contribution in [3.05, 3.63) is 45.6 Å². The van der Waals surface area contributed by atoms with Crippen molar-refractivity contribution in [3.63, 3.8) is 0 Å². The van der Waals surface area contributed by atoms with E-state index in [1.165, 1.54) is 11.1 Å². The van der Waals surface area contributed by atoms with Crippen LogP contribution in [0.4, 0.5) is 0 Å². The molecule has 1 aromatic carbocycles. The minimum Gasteiger partial charge on any atom is -0.497 e. The second kappa shape index (κ2) is 5.87. The molecule has 128 valence electrons. The van der Waals surface area contributed by atoms with E-state index in [1.54, 1.807) is 7.11 Å². The van der Waals surface area contributed by atoms with E-state index < -0.39 is 5.60 Å². The predicted octanol–water partition coefficient (Wildman–Crippen LogP) is 5.31. The smallest absolute Gasteiger partial charge is 0.119 e. The third-order valence-electron chi connectivity index (χ3n) is 7.08. The van der Waals surface area contributed by atoms with Crippen molar-refractivity contribution >= 4 is 28.7 Å². The molecular weight excluding hydrogens is 409 g/mol. The molecule has 3 aliphatic carbocycles. The molecule has 2 fully saturated rings. The highest BCUT2D eigenvalue weighted by atomic mass is 125. The Bertz CT molecular complexity index is 710. The van der Waals surface area contributed by atoms with Gasteiger partial charge in [-0.25, -0.2) is 0 Å². The van der Waals surface area contributed by atoms with Gasteiger partial charge in [0.1, 0.15) is 5.75 Å². The maximum atomic E-state index is 11.3. The summed E-state index contributed by atoms with van der Waals surface area (Å²) in [6, 6.07) is 6.50. The molecule has 0 bridgehead atoms. The van der Waals surface area contributed by atoms with Crippen LogP contribution in [0.2, 0.25) is 0 Å². The van der Waals surface area contributed by atoms with Crippen LogP contribution >= 0.6 is 22.6 Å². The first-order chi connectivity index (χ1) is 11.5. The molecule has 0 heterocycles. The summed E-state index contributed by atoms with van der Waals surface area (Å²) >= 11 is 2.24. The standard InChI is InChI=1S/C21H25IO2/c1-20-9-7-17-16-6-4-15(24-2)13-14(16)3-5-18(17)19(20)8-10-21(20,23)11-12-22/h3-6,11-13,17-19,23H,7-10H2,1-2H3/b12-11-/t17-,18-,19+,20+,21-/m1/s1/i22-2. The molecule has 0 saturated heterocycles. The molecule has 2 saturated carbocycles. The molecule has 0 radical (unpaired) electrons. The highest BCUT2D eigenvalue weighted by Crippen LogP contribution is 2.64. The molecule has 3 heteroatoms. The van der Waals surface area contributed by atoms with Gasteiger partial charge in [-0.05, 0) is 76.9 Å². The number of aliphatic hydroxyl groups is 1. The Morgan fingerprint density at radius 3 is 2.88 bits per heavy atom. The first kappa shape index (κ1) is 16.6. The fourth-order valence-electron chi connectivity index (χ4n) is 5.63. The normalized spacial score (nSPS) is 40.2. The molecule has 3 aliphatic rings. The van der Waals surface area contributed by atoms with Crippen LogP contribution in [0.5, 0.6) is 5.75 Å². The lowest BCUT2D eigenvalue weighted by atomic mass is 9.54. The average molecular weight is 434 g/mol. The maximum Gasteiger partial charge on any atom is 0.119 e. The van der Waals surface area contributed by atoms with Gasteiger partial charge < -0.3 is 9.84 Å². The zero-order valence-corrected chi connectivity index (χ0v) is 16.5. The van der Waals surface area contributed by atoms with Gasteiger partial charge in [-0.3, -0.25) is 0 Å². The average Bonchev–Trinajstić information content (AvgIpc) is 2.86. The van der Waals surface area contributed by atoms with Crippen molar-refractivity contribution < 1.29 is 9.84 Å². The number of fused-ring (bicyclic) bond motifs is 5. The lowest BCUT2D eigenvalue weighted by molar-refractivity contribution is -0.0614. The van der Waals surface area contributed by atoms with Crippen LogP contribution in [-0.2, 0) is 0 Å². The number of halogens is 1. The van der Waals surface area contributed by atoms with Crippen molar-refractivity contribution in [2.24, 2.45) is 17.3 Å². The van der Waals surface area contributed by atoms with E-state index in [-0.39, 0.29) is 5.41 Å². The lowest BCUT2D eigenvalue weighted by Gasteiger charge is -2.51. The molecule has 0 unspecified atom stereocenters. The summed E-state index contributed by atoms with van der Waals surface area (Å²) in [5.41, 5.74) is 2.12. The Balaban J connectivity index is 1.71. The summed E-state index contributed by atoms with van der Waals surface area (Å²) in [6.07, 6.45) is 11.0. The predicted molar refractivity (Wildman–Crippen MR) is 106 cm³/mol. The molecule has 0 aromatic heterocycles. The lowest BCUT2D eigenvalue weighted by Crippen LogP contribution is -2.49. The zero-order valence-electron chi connectivity index (χ0n) is 14.3. The van der Waals surface area contributed by atoms with Crippen molar-refractivity contribution in [1.82, 2.24) is 0 Å². The van der Waals surface area contributed by atoms with Gasteiger partial charge in [0.2, 0.25) is 0 Å². The number of allylic oxidation sites excluding steroid dienone is 1. The van der Waals surface area contributed by atoms with E-state index in [1.807, 2.05) is 10.2 Å². The zero-order chi connectivity index (χ0) is 16.9. The largest absolute Gasteiger partial charge is 0.497 e. The van der Waals surface area contributed by atoms with Gasteiger partial charge in [-0.15, -0.1) is 0 Å². The van der Waals surface area contributed by atoms with E-state index >= 15 is 0 Å². The Labute approximate surface area is 158 Å². The summed E-state index contributed by atoms with van der Waals surface area (Å²) in [4.78, 5) is 0. The van der Waals surface area contributed by atoms with Crippen molar-refractivity contribution in [2.75, 3.05) is 7.11 Å². The molecule has 1 aromatic rings. The second-order valence-corrected chi connectivity index (χ2v) is 8.58. The quantitative estimate of drug-likeness (QED) is 0.640. The Kier molecular flexibility index (Phi) is 4.07. The third kappa shape index (κ3) is 2.23. The fourth-order valence-corrected chi connectivity index (χ4v) is 6.23. The van der Waals surface area contributed by atoms with E-state index in [9.17, 15) is 5.11 Å². The maximum absolute atomic E-state index is 11.3. The van der Waals surface area contributed by atoms with Crippen LogP contribution in [0.25, 0.3) is 6.08 Å². The molecule has 4 rings (SSSR count). The highest BCUT2D eigenvalue weighted by Gasteiger charge is 2.60. The topological polar surface area (TPSA) is 29.5 Å². The number of hydrogen-bond donors (Lipinski definition) is 1. The molecule has 1 N–H and O–H groups in total. The van der Waals surface area contributed by atoms with Gasteiger partial charge in [-0.2, -0.15) is 0 Å². The summed E-state index contributed by atoms with van der Waals surface area (Å²) in [6.45, 7) is 2.31. The molecule has 2 nitrogen and oxygen atoms in total. The highest BCUT2D eigenvalue weighted by molar-refractivity contribution is 14.1. The monoisotopic (exact) mass is 434 g/mol.